The average molecular weight is 321 g/mol. The highest BCUT2D eigenvalue weighted by atomic mass is 16.6. The zero-order chi connectivity index (χ0) is 17.0. The maximum absolute atomic E-state index is 12.2. The Bertz CT molecular complexity index is 552. The van der Waals surface area contributed by atoms with E-state index in [1.165, 1.54) is 0 Å². The van der Waals surface area contributed by atoms with Gasteiger partial charge in [-0.1, -0.05) is 30.3 Å². The molecule has 6 nitrogen and oxygen atoms in total. The molecule has 23 heavy (non-hydrogen) atoms. The molecule has 0 saturated carbocycles. The zero-order valence-corrected chi connectivity index (χ0v) is 13.7. The van der Waals surface area contributed by atoms with Crippen LogP contribution in [0.2, 0.25) is 0 Å². The molecule has 6 heteroatoms. The zero-order valence-electron chi connectivity index (χ0n) is 13.7. The van der Waals surface area contributed by atoms with Crippen molar-refractivity contribution in [2.45, 2.75) is 58.2 Å². The van der Waals surface area contributed by atoms with Gasteiger partial charge in [-0.25, -0.2) is 9.69 Å². The van der Waals surface area contributed by atoms with Crippen LogP contribution in [0.25, 0.3) is 0 Å². The van der Waals surface area contributed by atoms with Gasteiger partial charge < -0.3 is 14.6 Å². The third-order valence-corrected chi connectivity index (χ3v) is 3.44. The third kappa shape index (κ3) is 4.77. The van der Waals surface area contributed by atoms with Crippen LogP contribution in [0, 0.1) is 0 Å². The number of carbonyl (C=O) groups is 2. The summed E-state index contributed by atoms with van der Waals surface area (Å²) in [5.41, 5.74) is 0.195. The van der Waals surface area contributed by atoms with Crippen LogP contribution in [-0.2, 0) is 20.9 Å². The second-order valence-corrected chi connectivity index (χ2v) is 6.54. The van der Waals surface area contributed by atoms with Crippen LogP contribution in [-0.4, -0.2) is 39.9 Å². The highest BCUT2D eigenvalue weighted by Crippen LogP contribution is 2.25. The molecule has 2 unspecified atom stereocenters. The summed E-state index contributed by atoms with van der Waals surface area (Å²) < 4.78 is 10.7. The first kappa shape index (κ1) is 17.4. The first-order valence-electron chi connectivity index (χ1n) is 7.66. The van der Waals surface area contributed by atoms with E-state index in [9.17, 15) is 14.7 Å². The van der Waals surface area contributed by atoms with E-state index in [1.807, 2.05) is 30.3 Å². The number of benzene rings is 1. The molecule has 1 heterocycles. The molecule has 0 aromatic heterocycles. The van der Waals surface area contributed by atoms with Crippen molar-refractivity contribution in [2.75, 3.05) is 0 Å². The predicted octanol–water partition coefficient (Wildman–Crippen LogP) is 2.45. The van der Waals surface area contributed by atoms with Gasteiger partial charge in [0.05, 0.1) is 12.6 Å². The third-order valence-electron chi connectivity index (χ3n) is 3.44. The van der Waals surface area contributed by atoms with Crippen molar-refractivity contribution in [3.8, 4) is 0 Å². The number of aliphatic hydroxyl groups is 1. The molecule has 1 fully saturated rings. The molecule has 2 amide bonds. The highest BCUT2D eigenvalue weighted by Gasteiger charge is 2.42. The Morgan fingerprint density at radius 2 is 2.00 bits per heavy atom. The van der Waals surface area contributed by atoms with E-state index in [-0.39, 0.29) is 18.9 Å². The van der Waals surface area contributed by atoms with Gasteiger partial charge in [0.1, 0.15) is 5.60 Å². The van der Waals surface area contributed by atoms with Gasteiger partial charge in [-0.05, 0) is 32.8 Å². The van der Waals surface area contributed by atoms with E-state index in [0.717, 1.165) is 10.5 Å². The summed E-state index contributed by atoms with van der Waals surface area (Å²) in [5, 5.41) is 10.2. The lowest BCUT2D eigenvalue weighted by atomic mass is 10.2. The summed E-state index contributed by atoms with van der Waals surface area (Å²) in [6.07, 6.45) is -1.44. The monoisotopic (exact) mass is 321 g/mol. The molecule has 1 aromatic carbocycles. The van der Waals surface area contributed by atoms with Gasteiger partial charge in [-0.15, -0.1) is 0 Å². The summed E-state index contributed by atoms with van der Waals surface area (Å²) in [6.45, 7) is 5.38. The number of hydrogen-bond acceptors (Lipinski definition) is 5. The normalized spacial score (nSPS) is 19.7. The molecular formula is C17H23NO5. The van der Waals surface area contributed by atoms with Crippen molar-refractivity contribution >= 4 is 12.0 Å². The molecule has 1 aromatic rings. The standard InChI is InChI=1S/C17H23NO5/c1-17(2,3)23-16(21)18-13(9-10-14(18)19)15(20)22-11-12-7-5-4-6-8-12/h4-8,13,15,20H,9-11H2,1-3H3. The Kier molecular flexibility index (Phi) is 5.38. The smallest absolute Gasteiger partial charge is 0.417 e. The van der Waals surface area contributed by atoms with Gasteiger partial charge in [0.25, 0.3) is 0 Å². The molecule has 1 saturated heterocycles. The van der Waals surface area contributed by atoms with Crippen molar-refractivity contribution in [2.24, 2.45) is 0 Å². The van der Waals surface area contributed by atoms with Gasteiger partial charge in [-0.3, -0.25) is 4.79 Å². The fourth-order valence-corrected chi connectivity index (χ4v) is 2.39. The van der Waals surface area contributed by atoms with Crippen LogP contribution in [0.4, 0.5) is 4.79 Å². The minimum Gasteiger partial charge on any atom is -0.443 e. The molecule has 2 rings (SSSR count). The van der Waals surface area contributed by atoms with Crippen molar-refractivity contribution in [1.29, 1.82) is 0 Å². The van der Waals surface area contributed by atoms with Gasteiger partial charge in [0.2, 0.25) is 5.91 Å². The second kappa shape index (κ2) is 7.10. The van der Waals surface area contributed by atoms with Gasteiger partial charge >= 0.3 is 6.09 Å². The van der Waals surface area contributed by atoms with Crippen LogP contribution in [0.3, 0.4) is 0 Å². The summed E-state index contributed by atoms with van der Waals surface area (Å²) in [4.78, 5) is 25.1. The number of rotatable bonds is 4. The van der Waals surface area contributed by atoms with E-state index in [1.54, 1.807) is 20.8 Å². The predicted molar refractivity (Wildman–Crippen MR) is 83.3 cm³/mol. The minimum absolute atomic E-state index is 0.190. The lowest BCUT2D eigenvalue weighted by molar-refractivity contribution is -0.153. The van der Waals surface area contributed by atoms with E-state index in [0.29, 0.717) is 6.42 Å². The van der Waals surface area contributed by atoms with Crippen molar-refractivity contribution in [3.63, 3.8) is 0 Å². The molecule has 0 aliphatic carbocycles. The Morgan fingerprint density at radius 3 is 2.61 bits per heavy atom. The van der Waals surface area contributed by atoms with E-state index >= 15 is 0 Å². The molecule has 2 atom stereocenters. The molecule has 1 N–H and O–H groups in total. The number of hydrogen-bond donors (Lipinski definition) is 1. The number of ether oxygens (including phenoxy) is 2. The minimum atomic E-state index is -1.24. The topological polar surface area (TPSA) is 76.1 Å². The molecule has 0 radical (unpaired) electrons. The fraction of sp³-hybridized carbons (Fsp3) is 0.529. The van der Waals surface area contributed by atoms with E-state index in [4.69, 9.17) is 9.47 Å². The molecule has 126 valence electrons. The Balaban J connectivity index is 1.99. The van der Waals surface area contributed by atoms with E-state index < -0.39 is 24.0 Å². The first-order chi connectivity index (χ1) is 10.8. The van der Waals surface area contributed by atoms with Crippen LogP contribution < -0.4 is 0 Å². The molecule has 0 bridgehead atoms. The second-order valence-electron chi connectivity index (χ2n) is 6.54. The number of imide groups is 1. The highest BCUT2D eigenvalue weighted by molar-refractivity contribution is 5.94. The average Bonchev–Trinajstić information content (AvgIpc) is 2.86. The summed E-state index contributed by atoms with van der Waals surface area (Å²) >= 11 is 0. The van der Waals surface area contributed by atoms with Crippen LogP contribution in [0.5, 0.6) is 0 Å². The number of likely N-dealkylation sites (tertiary alicyclic amines) is 1. The first-order valence-corrected chi connectivity index (χ1v) is 7.66. The van der Waals surface area contributed by atoms with Crippen molar-refractivity contribution < 1.29 is 24.2 Å². The number of carbonyl (C=O) groups excluding carboxylic acids is 2. The summed E-state index contributed by atoms with van der Waals surface area (Å²) in [7, 11) is 0. The number of nitrogens with zero attached hydrogens (tertiary/aromatic N) is 1. The maximum Gasteiger partial charge on any atom is 0.417 e. The van der Waals surface area contributed by atoms with Crippen molar-refractivity contribution in [1.82, 2.24) is 4.90 Å². The van der Waals surface area contributed by atoms with Crippen LogP contribution in [0.15, 0.2) is 30.3 Å². The van der Waals surface area contributed by atoms with Crippen LogP contribution in [0.1, 0.15) is 39.2 Å². The lowest BCUT2D eigenvalue weighted by Crippen LogP contribution is -2.47. The maximum atomic E-state index is 12.2. The molecule has 1 aliphatic heterocycles. The Hall–Kier alpha value is -1.92. The van der Waals surface area contributed by atoms with Gasteiger partial charge in [0, 0.05) is 6.42 Å². The van der Waals surface area contributed by atoms with Crippen molar-refractivity contribution in [3.05, 3.63) is 35.9 Å². The lowest BCUT2D eigenvalue weighted by Gasteiger charge is -2.29. The Labute approximate surface area is 136 Å². The van der Waals surface area contributed by atoms with Crippen LogP contribution >= 0.6 is 0 Å². The number of amides is 2. The van der Waals surface area contributed by atoms with Gasteiger partial charge in [-0.2, -0.15) is 0 Å². The molecule has 1 aliphatic rings. The number of aliphatic hydroxyl groups excluding tert-OH is 1. The quantitative estimate of drug-likeness (QED) is 0.862. The van der Waals surface area contributed by atoms with Gasteiger partial charge in [0.15, 0.2) is 6.29 Å². The SMILES string of the molecule is CC(C)(C)OC(=O)N1C(=O)CCC1C(O)OCc1ccccc1. The molecular weight excluding hydrogens is 298 g/mol. The Morgan fingerprint density at radius 1 is 1.35 bits per heavy atom. The van der Waals surface area contributed by atoms with E-state index in [2.05, 4.69) is 0 Å². The summed E-state index contributed by atoms with van der Waals surface area (Å²) in [6, 6.07) is 8.66. The largest absolute Gasteiger partial charge is 0.443 e. The molecule has 0 spiro atoms. The fourth-order valence-electron chi connectivity index (χ4n) is 2.39. The summed E-state index contributed by atoms with van der Waals surface area (Å²) in [5.74, 6) is -0.355.